The molecule has 2 N–H and O–H groups in total. The fourth-order valence-electron chi connectivity index (χ4n) is 1.85. The zero-order valence-electron chi connectivity index (χ0n) is 12.2. The van der Waals surface area contributed by atoms with Crippen molar-refractivity contribution in [3.63, 3.8) is 0 Å². The Bertz CT molecular complexity index is 605. The van der Waals surface area contributed by atoms with Gasteiger partial charge in [-0.3, -0.25) is 0 Å². The number of anilines is 1. The van der Waals surface area contributed by atoms with E-state index in [9.17, 15) is 4.39 Å². The first-order valence-corrected chi connectivity index (χ1v) is 7.15. The number of benzene rings is 2. The third-order valence-electron chi connectivity index (χ3n) is 3.14. The molecule has 2 nitrogen and oxygen atoms in total. The number of hydrogen-bond acceptors (Lipinski definition) is 2. The molecule has 0 bridgehead atoms. The summed E-state index contributed by atoms with van der Waals surface area (Å²) in [6, 6.07) is 12.6. The molecule has 0 saturated heterocycles. The highest BCUT2D eigenvalue weighted by molar-refractivity contribution is 5.70. The average molecular weight is 285 g/mol. The summed E-state index contributed by atoms with van der Waals surface area (Å²) in [5.41, 5.74) is 7.44. The molecule has 0 aromatic heterocycles. The van der Waals surface area contributed by atoms with Gasteiger partial charge in [-0.15, -0.1) is 0 Å². The van der Waals surface area contributed by atoms with Crippen molar-refractivity contribution in [2.45, 2.75) is 19.8 Å². The zero-order valence-corrected chi connectivity index (χ0v) is 12.2. The molecule has 0 amide bonds. The van der Waals surface area contributed by atoms with E-state index in [0.29, 0.717) is 0 Å². The standard InChI is InChI=1S/C18H20FNO/c1-2-3-12-21-16-9-6-14(7-10-16)4-5-15-8-11-18(20)17(19)13-15/h4-11,13H,2-3,12,20H2,1H3. The molecule has 0 heterocycles. The van der Waals surface area contributed by atoms with Gasteiger partial charge in [0.05, 0.1) is 12.3 Å². The van der Waals surface area contributed by atoms with Crippen molar-refractivity contribution in [1.29, 1.82) is 0 Å². The van der Waals surface area contributed by atoms with Crippen molar-refractivity contribution in [3.8, 4) is 5.75 Å². The minimum atomic E-state index is -0.392. The van der Waals surface area contributed by atoms with Crippen LogP contribution >= 0.6 is 0 Å². The lowest BCUT2D eigenvalue weighted by Crippen LogP contribution is -1.95. The molecular weight excluding hydrogens is 265 g/mol. The van der Waals surface area contributed by atoms with Gasteiger partial charge in [0.2, 0.25) is 0 Å². The second-order valence-corrected chi connectivity index (χ2v) is 4.89. The van der Waals surface area contributed by atoms with Crippen LogP contribution in [0.2, 0.25) is 0 Å². The molecule has 110 valence electrons. The molecule has 21 heavy (non-hydrogen) atoms. The van der Waals surface area contributed by atoms with Crippen LogP contribution in [0.3, 0.4) is 0 Å². The van der Waals surface area contributed by atoms with Crippen LogP contribution in [0.25, 0.3) is 12.2 Å². The van der Waals surface area contributed by atoms with Gasteiger partial charge < -0.3 is 10.5 Å². The highest BCUT2D eigenvalue weighted by Crippen LogP contribution is 2.17. The van der Waals surface area contributed by atoms with Crippen LogP contribution < -0.4 is 10.5 Å². The number of hydrogen-bond donors (Lipinski definition) is 1. The molecule has 0 aliphatic heterocycles. The Balaban J connectivity index is 1.99. The lowest BCUT2D eigenvalue weighted by Gasteiger charge is -2.05. The lowest BCUT2D eigenvalue weighted by atomic mass is 10.1. The predicted molar refractivity (Wildman–Crippen MR) is 86.6 cm³/mol. The van der Waals surface area contributed by atoms with Crippen LogP contribution in [0.1, 0.15) is 30.9 Å². The molecule has 2 aromatic carbocycles. The van der Waals surface area contributed by atoms with E-state index in [0.717, 1.165) is 36.3 Å². The first kappa shape index (κ1) is 15.1. The van der Waals surface area contributed by atoms with E-state index < -0.39 is 5.82 Å². The number of nitrogens with two attached hydrogens (primary N) is 1. The highest BCUT2D eigenvalue weighted by Gasteiger charge is 1.97. The van der Waals surface area contributed by atoms with Crippen LogP contribution in [0.5, 0.6) is 5.75 Å². The quantitative estimate of drug-likeness (QED) is 0.472. The van der Waals surface area contributed by atoms with Crippen LogP contribution in [0, 0.1) is 5.82 Å². The Morgan fingerprint density at radius 3 is 2.38 bits per heavy atom. The minimum absolute atomic E-state index is 0.167. The van der Waals surface area contributed by atoms with E-state index in [1.807, 2.05) is 36.4 Å². The van der Waals surface area contributed by atoms with E-state index in [2.05, 4.69) is 6.92 Å². The van der Waals surface area contributed by atoms with Crippen molar-refractivity contribution in [1.82, 2.24) is 0 Å². The van der Waals surface area contributed by atoms with Gasteiger partial charge in [0.1, 0.15) is 11.6 Å². The number of nitrogen functional groups attached to an aromatic ring is 1. The van der Waals surface area contributed by atoms with E-state index >= 15 is 0 Å². The van der Waals surface area contributed by atoms with E-state index in [4.69, 9.17) is 10.5 Å². The third-order valence-corrected chi connectivity index (χ3v) is 3.14. The second-order valence-electron chi connectivity index (χ2n) is 4.89. The van der Waals surface area contributed by atoms with E-state index in [-0.39, 0.29) is 5.69 Å². The molecule has 3 heteroatoms. The first-order chi connectivity index (χ1) is 10.2. The number of unbranched alkanes of at least 4 members (excludes halogenated alkanes) is 1. The summed E-state index contributed by atoms with van der Waals surface area (Å²) in [5.74, 6) is 0.482. The molecule has 0 saturated carbocycles. The van der Waals surface area contributed by atoms with Gasteiger partial charge in [-0.25, -0.2) is 4.39 Å². The largest absolute Gasteiger partial charge is 0.494 e. The lowest BCUT2D eigenvalue weighted by molar-refractivity contribution is 0.309. The fraction of sp³-hybridized carbons (Fsp3) is 0.222. The van der Waals surface area contributed by atoms with Crippen LogP contribution in [0.4, 0.5) is 10.1 Å². The van der Waals surface area contributed by atoms with Crippen LogP contribution in [0.15, 0.2) is 42.5 Å². The Hall–Kier alpha value is -2.29. The van der Waals surface area contributed by atoms with Gasteiger partial charge >= 0.3 is 0 Å². The second kappa shape index (κ2) is 7.48. The van der Waals surface area contributed by atoms with Crippen molar-refractivity contribution in [2.24, 2.45) is 0 Å². The Morgan fingerprint density at radius 1 is 1.05 bits per heavy atom. The summed E-state index contributed by atoms with van der Waals surface area (Å²) in [5, 5.41) is 0. The molecular formula is C18H20FNO. The molecule has 0 aliphatic carbocycles. The summed E-state index contributed by atoms with van der Waals surface area (Å²) in [6.07, 6.45) is 5.97. The SMILES string of the molecule is CCCCOc1ccc(C=Cc2ccc(N)c(F)c2)cc1. The monoisotopic (exact) mass is 285 g/mol. The fourth-order valence-corrected chi connectivity index (χ4v) is 1.85. The summed E-state index contributed by atoms with van der Waals surface area (Å²) in [6.45, 7) is 2.88. The molecule has 0 atom stereocenters. The maximum absolute atomic E-state index is 13.3. The first-order valence-electron chi connectivity index (χ1n) is 7.15. The Kier molecular flexibility index (Phi) is 5.38. The zero-order chi connectivity index (χ0) is 15.1. The summed E-state index contributed by atoms with van der Waals surface area (Å²) < 4.78 is 18.9. The van der Waals surface area contributed by atoms with Crippen molar-refractivity contribution in [3.05, 3.63) is 59.4 Å². The third kappa shape index (κ3) is 4.63. The summed E-state index contributed by atoms with van der Waals surface area (Å²) >= 11 is 0. The van der Waals surface area contributed by atoms with Gasteiger partial charge in [0, 0.05) is 0 Å². The number of rotatable bonds is 6. The summed E-state index contributed by atoms with van der Waals surface area (Å²) in [4.78, 5) is 0. The molecule has 0 aliphatic rings. The smallest absolute Gasteiger partial charge is 0.146 e. The minimum Gasteiger partial charge on any atom is -0.494 e. The topological polar surface area (TPSA) is 35.2 Å². The molecule has 2 rings (SSSR count). The molecule has 0 spiro atoms. The molecule has 0 radical (unpaired) electrons. The maximum Gasteiger partial charge on any atom is 0.146 e. The summed E-state index contributed by atoms with van der Waals surface area (Å²) in [7, 11) is 0. The van der Waals surface area contributed by atoms with Gasteiger partial charge in [-0.05, 0) is 41.8 Å². The Labute approximate surface area is 125 Å². The average Bonchev–Trinajstić information content (AvgIpc) is 2.50. The molecule has 0 unspecified atom stereocenters. The maximum atomic E-state index is 13.3. The van der Waals surface area contributed by atoms with Gasteiger partial charge in [0.25, 0.3) is 0 Å². The van der Waals surface area contributed by atoms with Crippen LogP contribution in [-0.2, 0) is 0 Å². The van der Waals surface area contributed by atoms with Gasteiger partial charge in [-0.2, -0.15) is 0 Å². The normalized spacial score (nSPS) is 11.0. The van der Waals surface area contributed by atoms with E-state index in [1.54, 1.807) is 12.1 Å². The van der Waals surface area contributed by atoms with Crippen molar-refractivity contribution < 1.29 is 9.13 Å². The van der Waals surface area contributed by atoms with Crippen molar-refractivity contribution >= 4 is 17.8 Å². The van der Waals surface area contributed by atoms with Crippen molar-refractivity contribution in [2.75, 3.05) is 12.3 Å². The number of ether oxygens (including phenoxy) is 1. The van der Waals surface area contributed by atoms with Gasteiger partial charge in [0.15, 0.2) is 0 Å². The van der Waals surface area contributed by atoms with Gasteiger partial charge in [-0.1, -0.05) is 43.7 Å². The highest BCUT2D eigenvalue weighted by atomic mass is 19.1. The Morgan fingerprint density at radius 2 is 1.71 bits per heavy atom. The van der Waals surface area contributed by atoms with Crippen LogP contribution in [-0.4, -0.2) is 6.61 Å². The number of halogens is 1. The molecule has 2 aromatic rings. The predicted octanol–water partition coefficient (Wildman–Crippen LogP) is 4.76. The van der Waals surface area contributed by atoms with E-state index in [1.165, 1.54) is 6.07 Å². The molecule has 0 fully saturated rings.